The quantitative estimate of drug-likeness (QED) is 0.527. The number of likely N-dealkylation sites (N-methyl/N-ethyl adjacent to an activating group) is 1. The van der Waals surface area contributed by atoms with Crippen molar-refractivity contribution in [2.75, 3.05) is 44.3 Å². The molecule has 0 spiro atoms. The first-order chi connectivity index (χ1) is 17.7. The first-order valence-corrected chi connectivity index (χ1v) is 13.3. The molecule has 0 unspecified atom stereocenters. The third kappa shape index (κ3) is 5.72. The van der Waals surface area contributed by atoms with Gasteiger partial charge in [-0.05, 0) is 65.6 Å². The number of amides is 1. The van der Waals surface area contributed by atoms with Crippen molar-refractivity contribution in [3.05, 3.63) is 36.7 Å². The van der Waals surface area contributed by atoms with Gasteiger partial charge in [0.1, 0.15) is 11.3 Å². The van der Waals surface area contributed by atoms with Crippen LogP contribution in [0.25, 0.3) is 22.2 Å². The molecule has 2 aliphatic rings. The fourth-order valence-corrected chi connectivity index (χ4v) is 5.58. The van der Waals surface area contributed by atoms with Crippen LogP contribution in [-0.4, -0.2) is 75.5 Å². The Morgan fingerprint density at radius 1 is 1.00 bits per heavy atom. The number of anilines is 2. The van der Waals surface area contributed by atoms with Crippen LogP contribution in [0.1, 0.15) is 52.5 Å². The van der Waals surface area contributed by atoms with Gasteiger partial charge in [0.2, 0.25) is 0 Å². The predicted octanol–water partition coefficient (Wildman–Crippen LogP) is 4.76. The number of nitrogens with zero attached hydrogens (tertiary/aromatic N) is 5. The fourth-order valence-electron chi connectivity index (χ4n) is 5.58. The van der Waals surface area contributed by atoms with Gasteiger partial charge in [-0.1, -0.05) is 12.1 Å². The van der Waals surface area contributed by atoms with E-state index in [2.05, 4.69) is 31.8 Å². The summed E-state index contributed by atoms with van der Waals surface area (Å²) in [6.45, 7) is 10.2. The monoisotopic (exact) mass is 505 g/mol. The van der Waals surface area contributed by atoms with Crippen LogP contribution in [0, 0.1) is 0 Å². The Labute approximate surface area is 219 Å². The second kappa shape index (κ2) is 10.3. The number of rotatable bonds is 4. The highest BCUT2D eigenvalue weighted by Gasteiger charge is 2.30. The van der Waals surface area contributed by atoms with Crippen LogP contribution in [0.3, 0.4) is 0 Å². The number of ether oxygens (including phenoxy) is 1. The third-order valence-corrected chi connectivity index (χ3v) is 7.52. The molecule has 0 bridgehead atoms. The minimum Gasteiger partial charge on any atom is -0.444 e. The summed E-state index contributed by atoms with van der Waals surface area (Å²) < 4.78 is 7.51. The molecule has 198 valence electrons. The van der Waals surface area contributed by atoms with E-state index in [-0.39, 0.29) is 0 Å². The highest BCUT2D eigenvalue weighted by molar-refractivity contribution is 6.01. The average molecular weight is 506 g/mol. The number of hydrogen-bond donors (Lipinski definition) is 2. The molecule has 1 amide bonds. The van der Waals surface area contributed by atoms with E-state index >= 15 is 0 Å². The van der Waals surface area contributed by atoms with Crippen LogP contribution in [0.4, 0.5) is 16.2 Å². The van der Waals surface area contributed by atoms with E-state index in [1.807, 2.05) is 51.2 Å². The lowest BCUT2D eigenvalue weighted by molar-refractivity contribution is 0.0636. The zero-order valence-corrected chi connectivity index (χ0v) is 22.4. The molecule has 3 aromatic rings. The normalized spacial score (nSPS) is 21.7. The summed E-state index contributed by atoms with van der Waals surface area (Å²) in [4.78, 5) is 21.6. The van der Waals surface area contributed by atoms with Gasteiger partial charge in [0.15, 0.2) is 0 Å². The van der Waals surface area contributed by atoms with Crippen LogP contribution in [0.15, 0.2) is 36.7 Å². The Morgan fingerprint density at radius 3 is 2.30 bits per heavy atom. The number of carbonyl (C=O) groups excluding carboxylic acids is 1. The third-order valence-electron chi connectivity index (χ3n) is 7.52. The summed E-state index contributed by atoms with van der Waals surface area (Å²) in [5, 5.41) is 8.82. The van der Waals surface area contributed by atoms with E-state index < -0.39 is 11.7 Å². The maximum Gasteiger partial charge on any atom is 0.412 e. The van der Waals surface area contributed by atoms with Gasteiger partial charge in [-0.3, -0.25) is 19.9 Å². The molecule has 0 radical (unpaired) electrons. The van der Waals surface area contributed by atoms with Gasteiger partial charge in [0.25, 0.3) is 0 Å². The van der Waals surface area contributed by atoms with E-state index in [9.17, 15) is 4.79 Å². The SMILES string of the molecule is CN1CCN(C2CCC(n3nc(-c4ccc(NC(=O)OC(C)(C)C)cc4)c4c(N)cncc43)CC2)CC1. The summed E-state index contributed by atoms with van der Waals surface area (Å²) in [5.41, 5.74) is 9.94. The number of nitrogen functional groups attached to an aromatic ring is 1. The van der Waals surface area contributed by atoms with Gasteiger partial charge in [-0.2, -0.15) is 5.10 Å². The van der Waals surface area contributed by atoms with Crippen molar-refractivity contribution in [1.29, 1.82) is 0 Å². The average Bonchev–Trinajstić information content (AvgIpc) is 3.25. The van der Waals surface area contributed by atoms with Gasteiger partial charge in [-0.15, -0.1) is 0 Å². The molecule has 1 aliphatic carbocycles. The highest BCUT2D eigenvalue weighted by Crippen LogP contribution is 2.38. The Balaban J connectivity index is 1.34. The molecule has 37 heavy (non-hydrogen) atoms. The topological polar surface area (TPSA) is 102 Å². The number of benzene rings is 1. The van der Waals surface area contributed by atoms with E-state index in [1.165, 1.54) is 25.9 Å². The van der Waals surface area contributed by atoms with Gasteiger partial charge >= 0.3 is 6.09 Å². The molecule has 1 aliphatic heterocycles. The molecule has 1 saturated heterocycles. The minimum atomic E-state index is -0.551. The van der Waals surface area contributed by atoms with Crippen molar-refractivity contribution in [2.24, 2.45) is 0 Å². The number of pyridine rings is 1. The fraction of sp³-hybridized carbons (Fsp3) is 0.536. The highest BCUT2D eigenvalue weighted by atomic mass is 16.6. The summed E-state index contributed by atoms with van der Waals surface area (Å²) in [7, 11) is 2.21. The van der Waals surface area contributed by atoms with Crippen LogP contribution < -0.4 is 11.1 Å². The maximum atomic E-state index is 12.1. The van der Waals surface area contributed by atoms with Crippen molar-refractivity contribution in [3.63, 3.8) is 0 Å². The number of carbonyl (C=O) groups is 1. The van der Waals surface area contributed by atoms with Crippen molar-refractivity contribution < 1.29 is 9.53 Å². The van der Waals surface area contributed by atoms with Crippen LogP contribution in [-0.2, 0) is 4.74 Å². The second-order valence-corrected chi connectivity index (χ2v) is 11.4. The maximum absolute atomic E-state index is 12.1. The van der Waals surface area contributed by atoms with Crippen molar-refractivity contribution in [1.82, 2.24) is 24.6 Å². The second-order valence-electron chi connectivity index (χ2n) is 11.4. The van der Waals surface area contributed by atoms with E-state index in [0.717, 1.165) is 48.1 Å². The van der Waals surface area contributed by atoms with E-state index in [1.54, 1.807) is 6.20 Å². The first kappa shape index (κ1) is 25.5. The number of hydrogen-bond acceptors (Lipinski definition) is 7. The number of nitrogens with two attached hydrogens (primary N) is 1. The van der Waals surface area contributed by atoms with Gasteiger partial charge in [-0.25, -0.2) is 4.79 Å². The minimum absolute atomic E-state index is 0.330. The van der Waals surface area contributed by atoms with Crippen molar-refractivity contribution >= 4 is 28.4 Å². The van der Waals surface area contributed by atoms with Crippen LogP contribution >= 0.6 is 0 Å². The molecule has 2 aromatic heterocycles. The lowest BCUT2D eigenvalue weighted by Crippen LogP contribution is -2.49. The first-order valence-electron chi connectivity index (χ1n) is 13.3. The summed E-state index contributed by atoms with van der Waals surface area (Å²) in [6, 6.07) is 8.65. The molecule has 0 atom stereocenters. The molecule has 1 saturated carbocycles. The van der Waals surface area contributed by atoms with Gasteiger partial charge in [0.05, 0.1) is 35.0 Å². The van der Waals surface area contributed by atoms with E-state index in [4.69, 9.17) is 15.6 Å². The number of fused-ring (bicyclic) bond motifs is 1. The van der Waals surface area contributed by atoms with Crippen LogP contribution in [0.2, 0.25) is 0 Å². The molecule has 3 N–H and O–H groups in total. The Kier molecular flexibility index (Phi) is 7.09. The summed E-state index contributed by atoms with van der Waals surface area (Å²) in [5.74, 6) is 0. The van der Waals surface area contributed by atoms with Gasteiger partial charge in [0, 0.05) is 43.5 Å². The Morgan fingerprint density at radius 2 is 1.65 bits per heavy atom. The van der Waals surface area contributed by atoms with E-state index in [0.29, 0.717) is 23.5 Å². The molecular formula is C28H39N7O2. The molecule has 1 aromatic carbocycles. The lowest BCUT2D eigenvalue weighted by atomic mass is 9.89. The molecular weight excluding hydrogens is 466 g/mol. The molecule has 9 nitrogen and oxygen atoms in total. The zero-order chi connectivity index (χ0) is 26.2. The summed E-state index contributed by atoms with van der Waals surface area (Å²) in [6.07, 6.45) is 7.67. The summed E-state index contributed by atoms with van der Waals surface area (Å²) >= 11 is 0. The smallest absolute Gasteiger partial charge is 0.412 e. The molecule has 5 rings (SSSR count). The molecule has 2 fully saturated rings. The number of piperazine rings is 1. The molecule has 9 heteroatoms. The van der Waals surface area contributed by atoms with Crippen molar-refractivity contribution in [3.8, 4) is 11.3 Å². The van der Waals surface area contributed by atoms with Crippen LogP contribution in [0.5, 0.6) is 0 Å². The predicted molar refractivity (Wildman–Crippen MR) is 148 cm³/mol. The largest absolute Gasteiger partial charge is 0.444 e. The number of aromatic nitrogens is 3. The standard InChI is InChI=1S/C28H39N7O2/c1-28(2,3)37-27(36)31-20-7-5-19(6-8-20)26-25-23(29)17-30-18-24(25)35(32-26)22-11-9-21(10-12-22)34-15-13-33(4)14-16-34/h5-8,17-18,21-22H,9-16,29H2,1-4H3,(H,31,36). The number of nitrogens with one attached hydrogen (secondary N) is 1. The van der Waals surface area contributed by atoms with Crippen molar-refractivity contribution in [2.45, 2.75) is 64.1 Å². The Bertz CT molecular complexity index is 1230. The zero-order valence-electron chi connectivity index (χ0n) is 22.4. The lowest BCUT2D eigenvalue weighted by Gasteiger charge is -2.41. The van der Waals surface area contributed by atoms with Gasteiger partial charge < -0.3 is 15.4 Å². The molecule has 3 heterocycles. The Hall–Kier alpha value is -3.17.